The van der Waals surface area contributed by atoms with E-state index >= 15 is 0 Å². The van der Waals surface area contributed by atoms with Crippen molar-refractivity contribution in [1.29, 1.82) is 0 Å². The van der Waals surface area contributed by atoms with E-state index in [1.807, 2.05) is 31.2 Å². The Morgan fingerprint density at radius 3 is 2.77 bits per heavy atom. The molecule has 22 heavy (non-hydrogen) atoms. The Kier molecular flexibility index (Phi) is 3.85. The first-order chi connectivity index (χ1) is 10.6. The zero-order valence-corrected chi connectivity index (χ0v) is 13.1. The number of hydrogen-bond acceptors (Lipinski definition) is 5. The molecule has 116 valence electrons. The average Bonchev–Trinajstić information content (AvgIpc) is 2.82. The Morgan fingerprint density at radius 1 is 1.27 bits per heavy atom. The van der Waals surface area contributed by atoms with Gasteiger partial charge in [0.05, 0.1) is 5.52 Å². The summed E-state index contributed by atoms with van der Waals surface area (Å²) in [6.07, 6.45) is 0. The van der Waals surface area contributed by atoms with Gasteiger partial charge in [0.15, 0.2) is 11.6 Å². The second-order valence-electron chi connectivity index (χ2n) is 5.51. The van der Waals surface area contributed by atoms with Crippen molar-refractivity contribution >= 4 is 27.8 Å². The number of nitrogen functional groups attached to an aromatic ring is 1. The van der Waals surface area contributed by atoms with Crippen LogP contribution in [0, 0.1) is 0 Å². The van der Waals surface area contributed by atoms with Crippen molar-refractivity contribution in [3.63, 3.8) is 0 Å². The number of fused-ring (bicyclic) bond motifs is 3. The van der Waals surface area contributed by atoms with E-state index < -0.39 is 0 Å². The summed E-state index contributed by atoms with van der Waals surface area (Å²) >= 11 is 0. The van der Waals surface area contributed by atoms with Crippen molar-refractivity contribution in [3.05, 3.63) is 30.1 Å². The average molecular weight is 299 g/mol. The summed E-state index contributed by atoms with van der Waals surface area (Å²) in [5.41, 5.74) is 2.56. The molecule has 0 bridgehead atoms. The van der Waals surface area contributed by atoms with Gasteiger partial charge < -0.3 is 15.9 Å². The first kappa shape index (κ1) is 14.6. The minimum absolute atomic E-state index is 0.259. The molecular weight excluding hydrogens is 278 g/mol. The van der Waals surface area contributed by atoms with Crippen LogP contribution in [-0.2, 0) is 11.3 Å². The maximum absolute atomic E-state index is 6.26. The third kappa shape index (κ3) is 2.46. The fourth-order valence-electron chi connectivity index (χ4n) is 2.52. The number of nitrogens with zero attached hydrogens (tertiary/aromatic N) is 3. The van der Waals surface area contributed by atoms with Gasteiger partial charge in [-0.05, 0) is 26.8 Å². The standard InChI is InChI=1S/C16H21N5O/c1-4-22-9-13-20-14-15(21(13)17)11-7-5-6-8-12(11)19-16(14)18-10(2)3/h5-8,10H,4,9,17H2,1-3H3,(H,18,19). The summed E-state index contributed by atoms with van der Waals surface area (Å²) in [4.78, 5) is 9.34. The molecule has 6 nitrogen and oxygen atoms in total. The topological polar surface area (TPSA) is 78.0 Å². The molecule has 0 aliphatic heterocycles. The molecule has 2 heterocycles. The van der Waals surface area contributed by atoms with Gasteiger partial charge in [0, 0.05) is 18.0 Å². The SMILES string of the molecule is CCOCc1nc2c(NC(C)C)nc3ccccc3c2n1N. The van der Waals surface area contributed by atoms with Gasteiger partial charge in [0.1, 0.15) is 17.6 Å². The van der Waals surface area contributed by atoms with Crippen LogP contribution < -0.4 is 11.2 Å². The van der Waals surface area contributed by atoms with Crippen molar-refractivity contribution in [2.24, 2.45) is 0 Å². The monoisotopic (exact) mass is 299 g/mol. The summed E-state index contributed by atoms with van der Waals surface area (Å²) < 4.78 is 7.07. The Bertz CT molecular complexity index is 809. The Hall–Kier alpha value is -2.34. The second-order valence-corrected chi connectivity index (χ2v) is 5.51. The van der Waals surface area contributed by atoms with Crippen molar-refractivity contribution in [1.82, 2.24) is 14.6 Å². The third-order valence-corrected chi connectivity index (χ3v) is 3.46. The normalized spacial score (nSPS) is 11.6. The maximum Gasteiger partial charge on any atom is 0.155 e. The van der Waals surface area contributed by atoms with Crippen LogP contribution in [0.15, 0.2) is 24.3 Å². The molecule has 3 N–H and O–H groups in total. The fraction of sp³-hybridized carbons (Fsp3) is 0.375. The maximum atomic E-state index is 6.26. The summed E-state index contributed by atoms with van der Waals surface area (Å²) in [5.74, 6) is 7.72. The Balaban J connectivity index is 2.28. The second kappa shape index (κ2) is 5.81. The molecule has 0 saturated carbocycles. The highest BCUT2D eigenvalue weighted by Gasteiger charge is 2.17. The highest BCUT2D eigenvalue weighted by atomic mass is 16.5. The number of nitrogens with two attached hydrogens (primary N) is 1. The Labute approximate surface area is 129 Å². The molecule has 0 atom stereocenters. The number of hydrogen-bond donors (Lipinski definition) is 2. The molecule has 3 aromatic rings. The van der Waals surface area contributed by atoms with E-state index in [0.29, 0.717) is 19.0 Å². The van der Waals surface area contributed by atoms with Gasteiger partial charge in [-0.1, -0.05) is 18.2 Å². The van der Waals surface area contributed by atoms with E-state index in [0.717, 1.165) is 27.8 Å². The smallest absolute Gasteiger partial charge is 0.155 e. The summed E-state index contributed by atoms with van der Waals surface area (Å²) in [6.45, 7) is 7.11. The summed E-state index contributed by atoms with van der Waals surface area (Å²) in [6, 6.07) is 8.21. The van der Waals surface area contributed by atoms with Crippen LogP contribution in [0.3, 0.4) is 0 Å². The van der Waals surface area contributed by atoms with E-state index in [2.05, 4.69) is 24.1 Å². The molecule has 1 aromatic carbocycles. The molecule has 0 radical (unpaired) electrons. The van der Waals surface area contributed by atoms with E-state index in [1.165, 1.54) is 0 Å². The minimum atomic E-state index is 0.259. The van der Waals surface area contributed by atoms with Crippen LogP contribution in [0.5, 0.6) is 0 Å². The molecule has 3 rings (SSSR count). The third-order valence-electron chi connectivity index (χ3n) is 3.46. The van der Waals surface area contributed by atoms with Gasteiger partial charge in [0.2, 0.25) is 0 Å². The van der Waals surface area contributed by atoms with Gasteiger partial charge in [-0.25, -0.2) is 14.6 Å². The van der Waals surface area contributed by atoms with E-state index in [4.69, 9.17) is 15.6 Å². The fourth-order valence-corrected chi connectivity index (χ4v) is 2.52. The lowest BCUT2D eigenvalue weighted by Crippen LogP contribution is -2.14. The number of rotatable bonds is 5. The lowest BCUT2D eigenvalue weighted by atomic mass is 10.2. The largest absolute Gasteiger partial charge is 0.374 e. The Morgan fingerprint density at radius 2 is 2.05 bits per heavy atom. The van der Waals surface area contributed by atoms with Crippen molar-refractivity contribution < 1.29 is 4.74 Å². The lowest BCUT2D eigenvalue weighted by Gasteiger charge is -2.11. The minimum Gasteiger partial charge on any atom is -0.374 e. The molecule has 2 aromatic heterocycles. The molecule has 6 heteroatoms. The first-order valence-electron chi connectivity index (χ1n) is 7.51. The van der Waals surface area contributed by atoms with Crippen LogP contribution in [0.2, 0.25) is 0 Å². The zero-order valence-electron chi connectivity index (χ0n) is 13.1. The van der Waals surface area contributed by atoms with Crippen molar-refractivity contribution in [2.45, 2.75) is 33.4 Å². The van der Waals surface area contributed by atoms with Crippen molar-refractivity contribution in [3.8, 4) is 0 Å². The molecular formula is C16H21N5O. The molecule has 0 aliphatic rings. The highest BCUT2D eigenvalue weighted by molar-refractivity contribution is 6.07. The summed E-state index contributed by atoms with van der Waals surface area (Å²) in [7, 11) is 0. The quantitative estimate of drug-likeness (QED) is 0.708. The first-order valence-corrected chi connectivity index (χ1v) is 7.51. The van der Waals surface area contributed by atoms with Gasteiger partial charge in [-0.3, -0.25) is 0 Å². The molecule has 0 unspecified atom stereocenters. The van der Waals surface area contributed by atoms with Crippen LogP contribution in [0.4, 0.5) is 5.82 Å². The van der Waals surface area contributed by atoms with E-state index in [9.17, 15) is 0 Å². The number of benzene rings is 1. The molecule has 0 saturated heterocycles. The number of ether oxygens (including phenoxy) is 1. The van der Waals surface area contributed by atoms with Crippen LogP contribution in [0.1, 0.15) is 26.6 Å². The molecule has 0 amide bonds. The van der Waals surface area contributed by atoms with Gasteiger partial charge in [-0.2, -0.15) is 0 Å². The number of anilines is 1. The predicted octanol–water partition coefficient (Wildman–Crippen LogP) is 2.66. The van der Waals surface area contributed by atoms with E-state index in [-0.39, 0.29) is 6.04 Å². The van der Waals surface area contributed by atoms with Gasteiger partial charge >= 0.3 is 0 Å². The number of imidazole rings is 1. The predicted molar refractivity (Wildman–Crippen MR) is 89.3 cm³/mol. The number of pyridine rings is 1. The molecule has 0 spiro atoms. The van der Waals surface area contributed by atoms with E-state index in [1.54, 1.807) is 4.68 Å². The summed E-state index contributed by atoms with van der Waals surface area (Å²) in [5, 5.41) is 4.34. The van der Waals surface area contributed by atoms with Crippen LogP contribution >= 0.6 is 0 Å². The van der Waals surface area contributed by atoms with Gasteiger partial charge in [-0.15, -0.1) is 0 Å². The number of para-hydroxylation sites is 1. The number of nitrogens with one attached hydrogen (secondary N) is 1. The molecule has 0 aliphatic carbocycles. The molecule has 0 fully saturated rings. The van der Waals surface area contributed by atoms with Crippen LogP contribution in [0.25, 0.3) is 21.9 Å². The highest BCUT2D eigenvalue weighted by Crippen LogP contribution is 2.29. The zero-order chi connectivity index (χ0) is 15.7. The lowest BCUT2D eigenvalue weighted by molar-refractivity contribution is 0.127. The van der Waals surface area contributed by atoms with Gasteiger partial charge in [0.25, 0.3) is 0 Å². The van der Waals surface area contributed by atoms with Crippen molar-refractivity contribution in [2.75, 3.05) is 17.8 Å². The number of aromatic nitrogens is 3. The van der Waals surface area contributed by atoms with Crippen LogP contribution in [-0.4, -0.2) is 27.3 Å².